The van der Waals surface area contributed by atoms with Crippen LogP contribution in [0.5, 0.6) is 0 Å². The number of carbonyl (C=O) groups excluding carboxylic acids is 1. The van der Waals surface area contributed by atoms with E-state index in [-0.39, 0.29) is 0 Å². The topological polar surface area (TPSA) is 82.8 Å². The van der Waals surface area contributed by atoms with Gasteiger partial charge in [0.05, 0.1) is 5.69 Å². The Labute approximate surface area is 108 Å². The van der Waals surface area contributed by atoms with E-state index in [1.807, 2.05) is 6.92 Å². The Morgan fingerprint density at radius 3 is 2.89 bits per heavy atom. The van der Waals surface area contributed by atoms with Gasteiger partial charge in [-0.05, 0) is 6.42 Å². The molecule has 0 aliphatic rings. The normalized spacial score (nSPS) is 10.8. The number of ether oxygens (including phenoxy) is 1. The first kappa shape index (κ1) is 12.8. The van der Waals surface area contributed by atoms with Crippen molar-refractivity contribution in [3.05, 3.63) is 16.4 Å². The number of rotatable bonds is 6. The quantitative estimate of drug-likeness (QED) is 0.727. The van der Waals surface area contributed by atoms with E-state index in [1.54, 1.807) is 11.8 Å². The standard InChI is InChI=1S/C10H13N5O2S/c1-3-4-8-7(5-16)11-14-15(8)10-13-12-9(18-10)6-17-2/h5H,3-4,6H2,1-2H3. The molecule has 0 radical (unpaired) electrons. The van der Waals surface area contributed by atoms with Gasteiger partial charge in [0.2, 0.25) is 5.13 Å². The lowest BCUT2D eigenvalue weighted by Crippen LogP contribution is -2.03. The fraction of sp³-hybridized carbons (Fsp3) is 0.500. The molecule has 0 amide bonds. The molecule has 0 aliphatic carbocycles. The van der Waals surface area contributed by atoms with Gasteiger partial charge in [0.15, 0.2) is 6.29 Å². The largest absolute Gasteiger partial charge is 0.377 e. The van der Waals surface area contributed by atoms with Crippen molar-refractivity contribution in [3.8, 4) is 5.13 Å². The second-order valence-corrected chi connectivity index (χ2v) is 4.65. The molecular formula is C10H13N5O2S. The van der Waals surface area contributed by atoms with E-state index in [2.05, 4.69) is 20.5 Å². The minimum atomic E-state index is 0.361. The molecule has 0 fully saturated rings. The van der Waals surface area contributed by atoms with E-state index in [0.717, 1.165) is 23.5 Å². The molecule has 2 aromatic heterocycles. The molecule has 2 heterocycles. The average Bonchev–Trinajstić information content (AvgIpc) is 2.96. The van der Waals surface area contributed by atoms with Crippen LogP contribution < -0.4 is 0 Å². The van der Waals surface area contributed by atoms with Crippen LogP contribution >= 0.6 is 11.3 Å². The Hall–Kier alpha value is -1.67. The van der Waals surface area contributed by atoms with Crippen molar-refractivity contribution >= 4 is 17.6 Å². The highest BCUT2D eigenvalue weighted by atomic mass is 32.1. The van der Waals surface area contributed by atoms with E-state index in [9.17, 15) is 4.79 Å². The maximum absolute atomic E-state index is 10.9. The summed E-state index contributed by atoms with van der Waals surface area (Å²) in [7, 11) is 1.60. The summed E-state index contributed by atoms with van der Waals surface area (Å²) in [5.41, 5.74) is 1.13. The van der Waals surface area contributed by atoms with Crippen LogP contribution in [0.15, 0.2) is 0 Å². The van der Waals surface area contributed by atoms with Crippen molar-refractivity contribution in [3.63, 3.8) is 0 Å². The molecule has 2 rings (SSSR count). The fourth-order valence-electron chi connectivity index (χ4n) is 1.54. The minimum absolute atomic E-state index is 0.361. The Morgan fingerprint density at radius 1 is 1.39 bits per heavy atom. The molecule has 0 atom stereocenters. The third-order valence-corrected chi connectivity index (χ3v) is 3.17. The third kappa shape index (κ3) is 2.44. The zero-order valence-electron chi connectivity index (χ0n) is 10.2. The Morgan fingerprint density at radius 2 is 2.22 bits per heavy atom. The van der Waals surface area contributed by atoms with E-state index < -0.39 is 0 Å². The van der Waals surface area contributed by atoms with E-state index in [0.29, 0.717) is 23.7 Å². The number of nitrogens with zero attached hydrogens (tertiary/aromatic N) is 5. The van der Waals surface area contributed by atoms with Crippen molar-refractivity contribution in [2.45, 2.75) is 26.4 Å². The van der Waals surface area contributed by atoms with Crippen molar-refractivity contribution in [2.24, 2.45) is 0 Å². The van der Waals surface area contributed by atoms with E-state index >= 15 is 0 Å². The molecule has 0 aliphatic heterocycles. The highest BCUT2D eigenvalue weighted by Crippen LogP contribution is 2.18. The molecule has 0 saturated heterocycles. The molecule has 0 unspecified atom stereocenters. The van der Waals surface area contributed by atoms with Gasteiger partial charge in [0.1, 0.15) is 17.3 Å². The highest BCUT2D eigenvalue weighted by molar-refractivity contribution is 7.13. The first-order valence-electron chi connectivity index (χ1n) is 5.51. The highest BCUT2D eigenvalue weighted by Gasteiger charge is 2.16. The van der Waals surface area contributed by atoms with Gasteiger partial charge in [-0.25, -0.2) is 0 Å². The smallest absolute Gasteiger partial charge is 0.234 e. The number of aromatic nitrogens is 5. The van der Waals surface area contributed by atoms with Crippen LogP contribution in [0, 0.1) is 0 Å². The Balaban J connectivity index is 2.36. The van der Waals surface area contributed by atoms with Gasteiger partial charge in [-0.2, -0.15) is 4.68 Å². The number of hydrogen-bond donors (Lipinski definition) is 0. The SMILES string of the molecule is CCCc1c(C=O)nnn1-c1nnc(COC)s1. The van der Waals surface area contributed by atoms with E-state index in [4.69, 9.17) is 4.74 Å². The van der Waals surface area contributed by atoms with Gasteiger partial charge in [-0.15, -0.1) is 15.3 Å². The second kappa shape index (κ2) is 5.78. The molecule has 0 saturated carbocycles. The predicted octanol–water partition coefficient (Wildman–Crippen LogP) is 1.03. The number of carbonyl (C=O) groups is 1. The van der Waals surface area contributed by atoms with Crippen LogP contribution in [0.3, 0.4) is 0 Å². The predicted molar refractivity (Wildman–Crippen MR) is 64.9 cm³/mol. The van der Waals surface area contributed by atoms with Gasteiger partial charge in [0.25, 0.3) is 0 Å². The summed E-state index contributed by atoms with van der Waals surface area (Å²) >= 11 is 1.37. The molecule has 0 N–H and O–H groups in total. The molecule has 2 aromatic rings. The summed E-state index contributed by atoms with van der Waals surface area (Å²) in [4.78, 5) is 10.9. The summed E-state index contributed by atoms with van der Waals surface area (Å²) in [5.74, 6) is 0. The molecule has 96 valence electrons. The maximum Gasteiger partial charge on any atom is 0.234 e. The Kier molecular flexibility index (Phi) is 4.11. The lowest BCUT2D eigenvalue weighted by molar-refractivity contribution is 0.111. The molecule has 7 nitrogen and oxygen atoms in total. The maximum atomic E-state index is 10.9. The molecule has 0 bridgehead atoms. The molecule has 8 heteroatoms. The summed E-state index contributed by atoms with van der Waals surface area (Å²) in [6, 6.07) is 0. The number of methoxy groups -OCH3 is 1. The minimum Gasteiger partial charge on any atom is -0.377 e. The van der Waals surface area contributed by atoms with Crippen LogP contribution in [0.2, 0.25) is 0 Å². The van der Waals surface area contributed by atoms with E-state index in [1.165, 1.54) is 11.3 Å². The first-order valence-corrected chi connectivity index (χ1v) is 6.33. The summed E-state index contributed by atoms with van der Waals surface area (Å²) < 4.78 is 6.56. The van der Waals surface area contributed by atoms with Crippen molar-refractivity contribution in [2.75, 3.05) is 7.11 Å². The van der Waals surface area contributed by atoms with Crippen molar-refractivity contribution in [1.29, 1.82) is 0 Å². The van der Waals surface area contributed by atoms with Gasteiger partial charge in [-0.1, -0.05) is 29.9 Å². The van der Waals surface area contributed by atoms with Gasteiger partial charge in [0, 0.05) is 7.11 Å². The third-order valence-electron chi connectivity index (χ3n) is 2.30. The van der Waals surface area contributed by atoms with Crippen LogP contribution in [-0.4, -0.2) is 38.6 Å². The second-order valence-electron chi connectivity index (χ2n) is 3.61. The summed E-state index contributed by atoms with van der Waals surface area (Å²) in [6.45, 7) is 2.44. The zero-order chi connectivity index (χ0) is 13.0. The molecule has 0 aromatic carbocycles. The van der Waals surface area contributed by atoms with Crippen LogP contribution in [-0.2, 0) is 17.8 Å². The lowest BCUT2D eigenvalue weighted by Gasteiger charge is -2.00. The van der Waals surface area contributed by atoms with Gasteiger partial charge >= 0.3 is 0 Å². The van der Waals surface area contributed by atoms with Crippen molar-refractivity contribution < 1.29 is 9.53 Å². The summed E-state index contributed by atoms with van der Waals surface area (Å²) in [6.07, 6.45) is 2.34. The average molecular weight is 267 g/mol. The zero-order valence-corrected chi connectivity index (χ0v) is 11.0. The number of hydrogen-bond acceptors (Lipinski definition) is 7. The molecule has 0 spiro atoms. The lowest BCUT2D eigenvalue weighted by atomic mass is 10.2. The van der Waals surface area contributed by atoms with Crippen LogP contribution in [0.4, 0.5) is 0 Å². The molecular weight excluding hydrogens is 254 g/mol. The monoisotopic (exact) mass is 267 g/mol. The van der Waals surface area contributed by atoms with Crippen LogP contribution in [0.25, 0.3) is 5.13 Å². The van der Waals surface area contributed by atoms with Gasteiger partial charge in [-0.3, -0.25) is 4.79 Å². The first-order chi connectivity index (χ1) is 8.80. The fourth-order valence-corrected chi connectivity index (χ4v) is 2.33. The number of aldehydes is 1. The van der Waals surface area contributed by atoms with Crippen LogP contribution in [0.1, 0.15) is 34.5 Å². The summed E-state index contributed by atoms with van der Waals surface area (Å²) in [5, 5.41) is 17.2. The Bertz CT molecular complexity index is 536. The molecule has 18 heavy (non-hydrogen) atoms. The van der Waals surface area contributed by atoms with Crippen molar-refractivity contribution in [1.82, 2.24) is 25.2 Å². The van der Waals surface area contributed by atoms with Gasteiger partial charge < -0.3 is 4.74 Å².